The van der Waals surface area contributed by atoms with Crippen molar-refractivity contribution in [2.45, 2.75) is 13.0 Å². The maximum atomic E-state index is 13.4. The average molecular weight is 550 g/mol. The number of carbonyl (C=O) groups is 2. The summed E-state index contributed by atoms with van der Waals surface area (Å²) < 4.78 is 3.79. The number of benzene rings is 1. The molecule has 0 aliphatic rings. The molecule has 4 aromatic heterocycles. The number of halogens is 1. The lowest BCUT2D eigenvalue weighted by molar-refractivity contribution is 0.101. The first-order valence-corrected chi connectivity index (χ1v) is 13.4. The topological polar surface area (TPSA) is 100.0 Å². The third-order valence-electron chi connectivity index (χ3n) is 6.11. The summed E-state index contributed by atoms with van der Waals surface area (Å²) in [6.45, 7) is 1.49. The Hall–Kier alpha value is -3.86. The molecule has 3 N–H and O–H groups in total. The van der Waals surface area contributed by atoms with Crippen LogP contribution < -0.4 is 10.6 Å². The minimum Gasteiger partial charge on any atom is -0.346 e. The summed E-state index contributed by atoms with van der Waals surface area (Å²) in [6.07, 6.45) is 4.48. The number of aryl methyl sites for hydroxylation is 2. The van der Waals surface area contributed by atoms with Gasteiger partial charge >= 0.3 is 0 Å². The van der Waals surface area contributed by atoms with Crippen LogP contribution in [0.1, 0.15) is 26.6 Å². The summed E-state index contributed by atoms with van der Waals surface area (Å²) in [6, 6.07) is 13.1. The fourth-order valence-electron chi connectivity index (χ4n) is 4.29. The molecule has 0 bridgehead atoms. The molecule has 1 aromatic carbocycles. The molecule has 11 heteroatoms. The number of rotatable bonds is 9. The van der Waals surface area contributed by atoms with E-state index in [1.165, 1.54) is 11.3 Å². The minimum absolute atomic E-state index is 0.272. The molecule has 0 saturated heterocycles. The predicted molar refractivity (Wildman–Crippen MR) is 153 cm³/mol. The van der Waals surface area contributed by atoms with Crippen molar-refractivity contribution in [2.24, 2.45) is 7.05 Å². The van der Waals surface area contributed by atoms with Gasteiger partial charge in [0.15, 0.2) is 5.82 Å². The quantitative estimate of drug-likeness (QED) is 0.225. The number of nitrogens with one attached hydrogen (secondary N) is 3. The fourth-order valence-corrected chi connectivity index (χ4v) is 5.33. The zero-order valence-electron chi connectivity index (χ0n) is 21.3. The van der Waals surface area contributed by atoms with Crippen LogP contribution in [-0.4, -0.2) is 56.5 Å². The number of amides is 2. The number of aromatic amines is 1. The number of anilines is 2. The van der Waals surface area contributed by atoms with Crippen LogP contribution in [0.15, 0.2) is 60.2 Å². The molecule has 9 nitrogen and oxygen atoms in total. The van der Waals surface area contributed by atoms with E-state index in [0.717, 1.165) is 35.5 Å². The highest BCUT2D eigenvalue weighted by Crippen LogP contribution is 2.26. The Morgan fingerprint density at radius 2 is 1.84 bits per heavy atom. The summed E-state index contributed by atoms with van der Waals surface area (Å²) in [7, 11) is 5.93. The van der Waals surface area contributed by atoms with Gasteiger partial charge in [0, 0.05) is 26.0 Å². The van der Waals surface area contributed by atoms with Gasteiger partial charge in [-0.15, -0.1) is 11.3 Å². The van der Waals surface area contributed by atoms with Gasteiger partial charge in [-0.25, -0.2) is 4.98 Å². The van der Waals surface area contributed by atoms with E-state index in [1.54, 1.807) is 23.7 Å². The molecule has 196 valence electrons. The third-order valence-corrected chi connectivity index (χ3v) is 7.45. The Bertz CT molecular complexity index is 1580. The van der Waals surface area contributed by atoms with E-state index in [2.05, 4.69) is 25.5 Å². The fraction of sp³-hybridized carbons (Fsp3) is 0.222. The largest absolute Gasteiger partial charge is 0.346 e. The maximum absolute atomic E-state index is 13.4. The Kier molecular flexibility index (Phi) is 7.37. The van der Waals surface area contributed by atoms with Gasteiger partial charge in [0.1, 0.15) is 10.6 Å². The van der Waals surface area contributed by atoms with Crippen molar-refractivity contribution in [1.82, 2.24) is 24.0 Å². The zero-order chi connectivity index (χ0) is 26.8. The highest BCUT2D eigenvalue weighted by Gasteiger charge is 2.19. The molecule has 5 aromatic rings. The lowest BCUT2D eigenvalue weighted by atomic mass is 10.3. The molecule has 0 spiro atoms. The second kappa shape index (κ2) is 10.9. The molecule has 2 amide bonds. The summed E-state index contributed by atoms with van der Waals surface area (Å²) in [4.78, 5) is 36.6. The van der Waals surface area contributed by atoms with E-state index in [9.17, 15) is 9.59 Å². The van der Waals surface area contributed by atoms with Gasteiger partial charge in [-0.05, 0) is 62.8 Å². The van der Waals surface area contributed by atoms with E-state index >= 15 is 0 Å². The predicted octanol–water partition coefficient (Wildman–Crippen LogP) is 5.54. The van der Waals surface area contributed by atoms with Crippen molar-refractivity contribution in [2.75, 3.05) is 31.3 Å². The highest BCUT2D eigenvalue weighted by molar-refractivity contribution is 7.12. The molecule has 5 rings (SSSR count). The number of carbonyl (C=O) groups excluding carboxylic acids is 2. The van der Waals surface area contributed by atoms with Gasteiger partial charge in [-0.1, -0.05) is 23.7 Å². The molecule has 4 heterocycles. The number of thiophene rings is 1. The number of hydrogen-bond donors (Lipinski definition) is 3. The molecule has 0 aliphatic heterocycles. The second-order valence-electron chi connectivity index (χ2n) is 9.30. The van der Waals surface area contributed by atoms with Crippen molar-refractivity contribution in [3.8, 4) is 11.5 Å². The summed E-state index contributed by atoms with van der Waals surface area (Å²) >= 11 is 7.40. The molecule has 0 fully saturated rings. The number of fused-ring (bicyclic) bond motifs is 1. The first kappa shape index (κ1) is 25.8. The van der Waals surface area contributed by atoms with E-state index in [4.69, 9.17) is 11.6 Å². The second-order valence-corrected chi connectivity index (χ2v) is 10.6. The molecule has 0 radical (unpaired) electrons. The normalized spacial score (nSPS) is 11.4. The van der Waals surface area contributed by atoms with Gasteiger partial charge < -0.3 is 29.7 Å². The molecule has 0 atom stereocenters. The van der Waals surface area contributed by atoms with Crippen LogP contribution >= 0.6 is 22.9 Å². The van der Waals surface area contributed by atoms with Crippen molar-refractivity contribution in [1.29, 1.82) is 0 Å². The molecular weight excluding hydrogens is 522 g/mol. The molecule has 38 heavy (non-hydrogen) atoms. The summed E-state index contributed by atoms with van der Waals surface area (Å²) in [5.74, 6) is 0.144. The number of imidazole rings is 1. The van der Waals surface area contributed by atoms with Crippen LogP contribution in [0.5, 0.6) is 0 Å². The number of H-pyrrole nitrogens is 1. The van der Waals surface area contributed by atoms with E-state index in [1.807, 2.05) is 66.8 Å². The Balaban J connectivity index is 1.37. The maximum Gasteiger partial charge on any atom is 0.272 e. The Morgan fingerprint density at radius 3 is 2.58 bits per heavy atom. The van der Waals surface area contributed by atoms with Crippen LogP contribution in [0.3, 0.4) is 0 Å². The molecular formula is C27H28ClN7O2S. The van der Waals surface area contributed by atoms with Gasteiger partial charge in [-0.3, -0.25) is 9.59 Å². The lowest BCUT2D eigenvalue weighted by Gasteiger charge is -2.12. The minimum atomic E-state index is -0.305. The number of para-hydroxylation sites is 2. The molecule has 0 unspecified atom stereocenters. The standard InChI is InChI=1S/C27H28ClN7O2S/c1-33(2)10-6-11-35-16-18(30-27(37)24-19(28)9-12-38-24)14-23(35)26(36)29-17-13-22(34(3)15-17)25-31-20-7-4-5-8-21(20)32-25/h4-5,7-9,12-16H,6,10-11H2,1-3H3,(H,29,36)(H,30,37)(H,31,32). The van der Waals surface area contributed by atoms with Crippen molar-refractivity contribution < 1.29 is 9.59 Å². The van der Waals surface area contributed by atoms with Crippen molar-refractivity contribution in [3.63, 3.8) is 0 Å². The lowest BCUT2D eigenvalue weighted by Crippen LogP contribution is -2.19. The third kappa shape index (κ3) is 5.52. The summed E-state index contributed by atoms with van der Waals surface area (Å²) in [5, 5.41) is 8.04. The van der Waals surface area contributed by atoms with Crippen LogP contribution in [0, 0.1) is 0 Å². The Morgan fingerprint density at radius 1 is 1.08 bits per heavy atom. The van der Waals surface area contributed by atoms with Gasteiger partial charge in [-0.2, -0.15) is 0 Å². The Labute approximate surface area is 229 Å². The van der Waals surface area contributed by atoms with Crippen LogP contribution in [0.4, 0.5) is 11.4 Å². The highest BCUT2D eigenvalue weighted by atomic mass is 35.5. The van der Waals surface area contributed by atoms with Crippen LogP contribution in [0.2, 0.25) is 5.02 Å². The van der Waals surface area contributed by atoms with E-state index < -0.39 is 0 Å². The molecule has 0 aliphatic carbocycles. The van der Waals surface area contributed by atoms with E-state index in [-0.39, 0.29) is 11.8 Å². The monoisotopic (exact) mass is 549 g/mol. The molecule has 0 saturated carbocycles. The van der Waals surface area contributed by atoms with Crippen LogP contribution in [0.25, 0.3) is 22.6 Å². The number of aromatic nitrogens is 4. The van der Waals surface area contributed by atoms with Crippen molar-refractivity contribution >= 4 is 57.2 Å². The van der Waals surface area contributed by atoms with Crippen LogP contribution in [-0.2, 0) is 13.6 Å². The summed E-state index contributed by atoms with van der Waals surface area (Å²) in [5.41, 5.74) is 4.30. The first-order valence-electron chi connectivity index (χ1n) is 12.1. The zero-order valence-corrected chi connectivity index (χ0v) is 22.9. The first-order chi connectivity index (χ1) is 18.3. The van der Waals surface area contributed by atoms with Gasteiger partial charge in [0.05, 0.1) is 33.1 Å². The average Bonchev–Trinajstić information content (AvgIpc) is 3.64. The van der Waals surface area contributed by atoms with Gasteiger partial charge in [0.2, 0.25) is 0 Å². The smallest absolute Gasteiger partial charge is 0.272 e. The van der Waals surface area contributed by atoms with E-state index in [0.29, 0.717) is 33.5 Å². The number of nitrogens with zero attached hydrogens (tertiary/aromatic N) is 4. The van der Waals surface area contributed by atoms with Gasteiger partial charge in [0.25, 0.3) is 11.8 Å². The number of hydrogen-bond acceptors (Lipinski definition) is 5. The van der Waals surface area contributed by atoms with Crippen molar-refractivity contribution in [3.05, 3.63) is 75.8 Å². The SMILES string of the molecule is CN(C)CCCn1cc(NC(=O)c2sccc2Cl)cc1C(=O)Nc1cc(-c2nc3ccccc3[nH]2)n(C)c1.